The van der Waals surface area contributed by atoms with Crippen molar-refractivity contribution in [1.29, 1.82) is 0 Å². The van der Waals surface area contributed by atoms with Crippen LogP contribution >= 0.6 is 0 Å². The first-order chi connectivity index (χ1) is 6.11. The lowest BCUT2D eigenvalue weighted by molar-refractivity contribution is -0.157. The van der Waals surface area contributed by atoms with Crippen molar-refractivity contribution in [1.82, 2.24) is 0 Å². The number of hydrogen-bond acceptors (Lipinski definition) is 4. The Hall–Kier alpha value is -1.58. The maximum atomic E-state index is 11.1. The van der Waals surface area contributed by atoms with Gasteiger partial charge in [-0.25, -0.2) is 4.79 Å². The molecule has 0 N–H and O–H groups in total. The average Bonchev–Trinajstić information content (AvgIpc) is 2.10. The second-order valence-corrected chi connectivity index (χ2v) is 2.45. The van der Waals surface area contributed by atoms with E-state index in [9.17, 15) is 9.59 Å². The average molecular weight is 184 g/mol. The standard InChI is InChI=1S/C9H12O4/c1-4-8(13-6-10)9(11)12-5-7(2)3/h4,6,8H,1-2,5H2,3H3. The molecule has 0 spiro atoms. The summed E-state index contributed by atoms with van der Waals surface area (Å²) in [6, 6.07) is 0. The van der Waals surface area contributed by atoms with Crippen LogP contribution in [0.2, 0.25) is 0 Å². The zero-order chi connectivity index (χ0) is 10.3. The Morgan fingerprint density at radius 3 is 2.62 bits per heavy atom. The van der Waals surface area contributed by atoms with Gasteiger partial charge in [0, 0.05) is 0 Å². The van der Waals surface area contributed by atoms with Gasteiger partial charge < -0.3 is 9.47 Å². The number of ether oxygens (including phenoxy) is 2. The second kappa shape index (κ2) is 5.99. The molecule has 0 saturated carbocycles. The molecular formula is C9H12O4. The highest BCUT2D eigenvalue weighted by atomic mass is 16.6. The summed E-state index contributed by atoms with van der Waals surface area (Å²) in [5.74, 6) is -0.648. The minimum Gasteiger partial charge on any atom is -0.458 e. The van der Waals surface area contributed by atoms with Crippen molar-refractivity contribution in [2.45, 2.75) is 13.0 Å². The molecule has 0 fully saturated rings. The second-order valence-electron chi connectivity index (χ2n) is 2.45. The molecule has 0 aromatic carbocycles. The van der Waals surface area contributed by atoms with E-state index in [2.05, 4.69) is 17.9 Å². The van der Waals surface area contributed by atoms with Crippen LogP contribution in [0.5, 0.6) is 0 Å². The molecule has 0 amide bonds. The van der Waals surface area contributed by atoms with Crippen LogP contribution in [-0.4, -0.2) is 25.2 Å². The Labute approximate surface area is 76.8 Å². The maximum Gasteiger partial charge on any atom is 0.351 e. The van der Waals surface area contributed by atoms with E-state index in [1.54, 1.807) is 6.92 Å². The van der Waals surface area contributed by atoms with Crippen LogP contribution in [0.3, 0.4) is 0 Å². The highest BCUT2D eigenvalue weighted by Crippen LogP contribution is 1.97. The predicted molar refractivity (Wildman–Crippen MR) is 46.9 cm³/mol. The molecule has 1 atom stereocenters. The summed E-state index contributed by atoms with van der Waals surface area (Å²) < 4.78 is 9.10. The van der Waals surface area contributed by atoms with Crippen molar-refractivity contribution in [3.05, 3.63) is 24.8 Å². The zero-order valence-electron chi connectivity index (χ0n) is 7.49. The van der Waals surface area contributed by atoms with Gasteiger partial charge in [-0.1, -0.05) is 13.2 Å². The third-order valence-corrected chi connectivity index (χ3v) is 1.11. The van der Waals surface area contributed by atoms with Crippen LogP contribution in [0.1, 0.15) is 6.92 Å². The van der Waals surface area contributed by atoms with Gasteiger partial charge in [-0.15, -0.1) is 0 Å². The molecule has 0 saturated heterocycles. The lowest BCUT2D eigenvalue weighted by Gasteiger charge is -2.09. The van der Waals surface area contributed by atoms with Crippen molar-refractivity contribution in [3.8, 4) is 0 Å². The largest absolute Gasteiger partial charge is 0.458 e. The first-order valence-electron chi connectivity index (χ1n) is 3.64. The Morgan fingerprint density at radius 1 is 1.62 bits per heavy atom. The first-order valence-corrected chi connectivity index (χ1v) is 3.64. The third kappa shape index (κ3) is 4.79. The van der Waals surface area contributed by atoms with Gasteiger partial charge in [-0.2, -0.15) is 0 Å². The predicted octanol–water partition coefficient (Wildman–Crippen LogP) is 0.833. The van der Waals surface area contributed by atoms with Gasteiger partial charge in [0.1, 0.15) is 6.61 Å². The van der Waals surface area contributed by atoms with Gasteiger partial charge in [-0.05, 0) is 18.6 Å². The van der Waals surface area contributed by atoms with Gasteiger partial charge in [0.05, 0.1) is 0 Å². The molecule has 0 radical (unpaired) electrons. The molecule has 0 aromatic rings. The molecule has 13 heavy (non-hydrogen) atoms. The normalized spacial score (nSPS) is 11.2. The van der Waals surface area contributed by atoms with Crippen molar-refractivity contribution < 1.29 is 19.1 Å². The fourth-order valence-electron chi connectivity index (χ4n) is 0.544. The quantitative estimate of drug-likeness (QED) is 0.348. The molecule has 0 bridgehead atoms. The molecule has 0 aromatic heterocycles. The van der Waals surface area contributed by atoms with E-state index in [1.165, 1.54) is 6.08 Å². The van der Waals surface area contributed by atoms with Crippen LogP contribution in [0, 0.1) is 0 Å². The van der Waals surface area contributed by atoms with Gasteiger partial charge in [0.2, 0.25) is 6.10 Å². The summed E-state index contributed by atoms with van der Waals surface area (Å²) in [5.41, 5.74) is 0.710. The van der Waals surface area contributed by atoms with Crippen molar-refractivity contribution >= 4 is 12.4 Å². The molecule has 0 aliphatic heterocycles. The van der Waals surface area contributed by atoms with E-state index >= 15 is 0 Å². The minimum absolute atomic E-state index is 0.116. The molecular weight excluding hydrogens is 172 g/mol. The van der Waals surface area contributed by atoms with Gasteiger partial charge in [0.25, 0.3) is 6.47 Å². The van der Waals surface area contributed by atoms with Crippen molar-refractivity contribution in [3.63, 3.8) is 0 Å². The van der Waals surface area contributed by atoms with Gasteiger partial charge in [-0.3, -0.25) is 4.79 Å². The Kier molecular flexibility index (Phi) is 5.27. The number of carbonyl (C=O) groups excluding carboxylic acids is 2. The summed E-state index contributed by atoms with van der Waals surface area (Å²) in [4.78, 5) is 21.0. The monoisotopic (exact) mass is 184 g/mol. The Bertz CT molecular complexity index is 220. The maximum absolute atomic E-state index is 11.1. The van der Waals surface area contributed by atoms with E-state index in [0.29, 0.717) is 5.57 Å². The molecule has 0 aliphatic carbocycles. The fourth-order valence-corrected chi connectivity index (χ4v) is 0.544. The van der Waals surface area contributed by atoms with E-state index in [1.807, 2.05) is 0 Å². The number of hydrogen-bond donors (Lipinski definition) is 0. The van der Waals surface area contributed by atoms with Crippen molar-refractivity contribution in [2.24, 2.45) is 0 Å². The topological polar surface area (TPSA) is 52.6 Å². The lowest BCUT2D eigenvalue weighted by atomic mass is 10.3. The molecule has 0 rings (SSSR count). The fraction of sp³-hybridized carbons (Fsp3) is 0.333. The Morgan fingerprint density at radius 2 is 2.23 bits per heavy atom. The summed E-state index contributed by atoms with van der Waals surface area (Å²) in [6.07, 6.45) is 0.159. The molecule has 0 aliphatic rings. The zero-order valence-corrected chi connectivity index (χ0v) is 7.49. The van der Waals surface area contributed by atoms with E-state index in [-0.39, 0.29) is 13.1 Å². The van der Waals surface area contributed by atoms with Gasteiger partial charge >= 0.3 is 5.97 Å². The summed E-state index contributed by atoms with van der Waals surface area (Å²) in [7, 11) is 0. The van der Waals surface area contributed by atoms with E-state index in [4.69, 9.17) is 4.74 Å². The third-order valence-electron chi connectivity index (χ3n) is 1.11. The number of esters is 1. The smallest absolute Gasteiger partial charge is 0.351 e. The summed E-state index contributed by atoms with van der Waals surface area (Å²) in [5, 5.41) is 0. The molecule has 4 nitrogen and oxygen atoms in total. The van der Waals surface area contributed by atoms with E-state index in [0.717, 1.165) is 0 Å². The van der Waals surface area contributed by atoms with E-state index < -0.39 is 12.1 Å². The van der Waals surface area contributed by atoms with Crippen LogP contribution in [-0.2, 0) is 19.1 Å². The highest BCUT2D eigenvalue weighted by Gasteiger charge is 2.16. The van der Waals surface area contributed by atoms with Crippen LogP contribution in [0.15, 0.2) is 24.8 Å². The van der Waals surface area contributed by atoms with Crippen LogP contribution < -0.4 is 0 Å². The van der Waals surface area contributed by atoms with Crippen LogP contribution in [0.4, 0.5) is 0 Å². The minimum atomic E-state index is -1.03. The highest BCUT2D eigenvalue weighted by molar-refractivity contribution is 5.78. The summed E-state index contributed by atoms with van der Waals surface area (Å²) >= 11 is 0. The van der Waals surface area contributed by atoms with Crippen molar-refractivity contribution in [2.75, 3.05) is 6.61 Å². The molecule has 4 heteroatoms. The summed E-state index contributed by atoms with van der Waals surface area (Å²) in [6.45, 7) is 8.88. The molecule has 1 unspecified atom stereocenters. The Balaban J connectivity index is 3.97. The first kappa shape index (κ1) is 11.4. The number of rotatable bonds is 6. The lowest BCUT2D eigenvalue weighted by Crippen LogP contribution is -2.24. The van der Waals surface area contributed by atoms with Gasteiger partial charge in [0.15, 0.2) is 0 Å². The number of carbonyl (C=O) groups is 2. The molecule has 72 valence electrons. The SMILES string of the molecule is C=CC(OC=O)C(=O)OCC(=C)C. The van der Waals surface area contributed by atoms with Crippen LogP contribution in [0.25, 0.3) is 0 Å². The molecule has 0 heterocycles.